The highest BCUT2D eigenvalue weighted by atomic mass is 32.1. The number of hydrogen-bond acceptors (Lipinski definition) is 5. The lowest BCUT2D eigenvalue weighted by atomic mass is 10.2. The zero-order valence-electron chi connectivity index (χ0n) is 15.6. The molecule has 1 unspecified atom stereocenters. The quantitative estimate of drug-likeness (QED) is 0.740. The molecule has 3 rings (SSSR count). The average Bonchev–Trinajstić information content (AvgIpc) is 3.18. The van der Waals surface area contributed by atoms with Crippen molar-refractivity contribution in [1.29, 1.82) is 0 Å². The van der Waals surface area contributed by atoms with E-state index in [0.29, 0.717) is 38.1 Å². The lowest BCUT2D eigenvalue weighted by molar-refractivity contribution is -0.120. The molecule has 1 atom stereocenters. The number of nitrogens with zero attached hydrogens (tertiary/aromatic N) is 2. The normalized spacial score (nSPS) is 14.3. The largest absolute Gasteiger partial charge is 0.486 e. The van der Waals surface area contributed by atoms with Gasteiger partial charge in [-0.2, -0.15) is 0 Å². The highest BCUT2D eigenvalue weighted by Crippen LogP contribution is 2.34. The van der Waals surface area contributed by atoms with Crippen molar-refractivity contribution in [1.82, 2.24) is 4.90 Å². The van der Waals surface area contributed by atoms with Gasteiger partial charge in [0, 0.05) is 22.7 Å². The second kappa shape index (κ2) is 8.56. The number of carbonyl (C=O) groups excluding carboxylic acids is 1. The Morgan fingerprint density at radius 1 is 1.23 bits per heavy atom. The summed E-state index contributed by atoms with van der Waals surface area (Å²) in [5.41, 5.74) is 0.838. The molecule has 0 saturated heterocycles. The first-order valence-electron chi connectivity index (χ1n) is 9.01. The molecule has 0 N–H and O–H groups in total. The molecule has 140 valence electrons. The van der Waals surface area contributed by atoms with E-state index in [1.807, 2.05) is 41.6 Å². The minimum Gasteiger partial charge on any atom is -0.486 e. The molecule has 1 amide bonds. The molecule has 2 heterocycles. The Balaban J connectivity index is 1.84. The van der Waals surface area contributed by atoms with Gasteiger partial charge in [0.15, 0.2) is 11.5 Å². The third kappa shape index (κ3) is 4.37. The number of benzene rings is 1. The maximum Gasteiger partial charge on any atom is 0.241 e. The van der Waals surface area contributed by atoms with Crippen LogP contribution in [-0.4, -0.2) is 43.7 Å². The molecule has 0 saturated carbocycles. The zero-order chi connectivity index (χ0) is 18.5. The number of anilines is 1. The van der Waals surface area contributed by atoms with Crippen LogP contribution in [0.1, 0.15) is 25.1 Å². The second-order valence-corrected chi connectivity index (χ2v) is 7.59. The molecule has 0 fully saturated rings. The Labute approximate surface area is 159 Å². The topological polar surface area (TPSA) is 42.0 Å². The molecule has 1 aliphatic rings. The smallest absolute Gasteiger partial charge is 0.241 e. The maximum absolute atomic E-state index is 13.1. The Morgan fingerprint density at radius 3 is 2.69 bits per heavy atom. The van der Waals surface area contributed by atoms with Crippen LogP contribution in [0.5, 0.6) is 11.5 Å². The summed E-state index contributed by atoms with van der Waals surface area (Å²) in [7, 11) is 2.00. The van der Waals surface area contributed by atoms with E-state index in [1.165, 1.54) is 0 Å². The van der Waals surface area contributed by atoms with E-state index in [0.717, 1.165) is 22.7 Å². The molecule has 1 aromatic carbocycles. The van der Waals surface area contributed by atoms with E-state index in [4.69, 9.17) is 9.47 Å². The van der Waals surface area contributed by atoms with Crippen molar-refractivity contribution in [2.24, 2.45) is 0 Å². The van der Waals surface area contributed by atoms with Gasteiger partial charge in [0.05, 0.1) is 13.1 Å². The lowest BCUT2D eigenvalue weighted by Crippen LogP contribution is -2.41. The summed E-state index contributed by atoms with van der Waals surface area (Å²) in [5, 5.41) is 2.03. The third-order valence-electron chi connectivity index (χ3n) is 4.76. The number of amides is 1. The van der Waals surface area contributed by atoms with Gasteiger partial charge in [-0.1, -0.05) is 13.0 Å². The molecular weight excluding hydrogens is 348 g/mol. The van der Waals surface area contributed by atoms with Crippen molar-refractivity contribution in [3.8, 4) is 11.5 Å². The highest BCUT2D eigenvalue weighted by Gasteiger charge is 2.22. The van der Waals surface area contributed by atoms with E-state index in [1.54, 1.807) is 11.3 Å². The number of thiophene rings is 1. The molecule has 1 aliphatic heterocycles. The fourth-order valence-electron chi connectivity index (χ4n) is 2.85. The fraction of sp³-hybridized carbons (Fsp3) is 0.450. The van der Waals surface area contributed by atoms with Gasteiger partial charge in [0.1, 0.15) is 13.2 Å². The van der Waals surface area contributed by atoms with E-state index < -0.39 is 0 Å². The van der Waals surface area contributed by atoms with Gasteiger partial charge in [-0.3, -0.25) is 9.69 Å². The average molecular weight is 375 g/mol. The summed E-state index contributed by atoms with van der Waals surface area (Å²) >= 11 is 1.66. The molecule has 0 spiro atoms. The van der Waals surface area contributed by atoms with Crippen molar-refractivity contribution in [2.45, 2.75) is 32.9 Å². The SMILES string of the molecule is CCC(C)N(C)CC(=O)N(Cc1cccs1)c1ccc2c(c1)OCCO2. The van der Waals surface area contributed by atoms with Crippen molar-refractivity contribution < 1.29 is 14.3 Å². The highest BCUT2D eigenvalue weighted by molar-refractivity contribution is 7.09. The first-order chi connectivity index (χ1) is 12.6. The predicted molar refractivity (Wildman–Crippen MR) is 105 cm³/mol. The molecule has 26 heavy (non-hydrogen) atoms. The van der Waals surface area contributed by atoms with Gasteiger partial charge in [-0.15, -0.1) is 11.3 Å². The zero-order valence-corrected chi connectivity index (χ0v) is 16.4. The maximum atomic E-state index is 13.1. The Hall–Kier alpha value is -2.05. The Kier molecular flexibility index (Phi) is 6.16. The third-order valence-corrected chi connectivity index (χ3v) is 5.62. The summed E-state index contributed by atoms with van der Waals surface area (Å²) in [6.07, 6.45) is 1.01. The summed E-state index contributed by atoms with van der Waals surface area (Å²) in [5.74, 6) is 1.52. The van der Waals surface area contributed by atoms with E-state index >= 15 is 0 Å². The summed E-state index contributed by atoms with van der Waals surface area (Å²) in [4.78, 5) is 18.2. The summed E-state index contributed by atoms with van der Waals surface area (Å²) in [6.45, 7) is 6.31. The van der Waals surface area contributed by atoms with E-state index in [9.17, 15) is 4.79 Å². The molecule has 0 radical (unpaired) electrons. The van der Waals surface area contributed by atoms with Crippen LogP contribution in [0, 0.1) is 0 Å². The lowest BCUT2D eigenvalue weighted by Gasteiger charge is -2.29. The van der Waals surface area contributed by atoms with Gasteiger partial charge >= 0.3 is 0 Å². The van der Waals surface area contributed by atoms with Crippen LogP contribution < -0.4 is 14.4 Å². The molecule has 0 bridgehead atoms. The van der Waals surface area contributed by atoms with Crippen LogP contribution in [0.15, 0.2) is 35.7 Å². The van der Waals surface area contributed by atoms with Crippen LogP contribution in [0.4, 0.5) is 5.69 Å². The number of hydrogen-bond donors (Lipinski definition) is 0. The van der Waals surface area contributed by atoms with Crippen LogP contribution >= 0.6 is 11.3 Å². The molecule has 0 aliphatic carbocycles. The van der Waals surface area contributed by atoms with Crippen LogP contribution in [-0.2, 0) is 11.3 Å². The van der Waals surface area contributed by atoms with Crippen molar-refractivity contribution >= 4 is 22.9 Å². The molecule has 2 aromatic rings. The minimum absolute atomic E-state index is 0.0814. The molecule has 1 aromatic heterocycles. The molecule has 5 nitrogen and oxygen atoms in total. The fourth-order valence-corrected chi connectivity index (χ4v) is 3.54. The Morgan fingerprint density at radius 2 is 2.00 bits per heavy atom. The number of rotatable bonds is 7. The monoisotopic (exact) mass is 374 g/mol. The van der Waals surface area contributed by atoms with Gasteiger partial charge in [-0.05, 0) is 44.0 Å². The number of carbonyl (C=O) groups is 1. The molecular formula is C20H26N2O3S. The minimum atomic E-state index is 0.0814. The first kappa shape index (κ1) is 18.7. The van der Waals surface area contributed by atoms with Gasteiger partial charge in [0.2, 0.25) is 5.91 Å². The number of ether oxygens (including phenoxy) is 2. The summed E-state index contributed by atoms with van der Waals surface area (Å²) in [6, 6.07) is 10.2. The van der Waals surface area contributed by atoms with Gasteiger partial charge in [0.25, 0.3) is 0 Å². The van der Waals surface area contributed by atoms with Gasteiger partial charge < -0.3 is 14.4 Å². The van der Waals surface area contributed by atoms with Crippen molar-refractivity contribution in [3.63, 3.8) is 0 Å². The van der Waals surface area contributed by atoms with E-state index in [2.05, 4.69) is 24.8 Å². The Bertz CT molecular complexity index is 733. The predicted octanol–water partition coefficient (Wildman–Crippen LogP) is 3.78. The summed E-state index contributed by atoms with van der Waals surface area (Å²) < 4.78 is 11.3. The van der Waals surface area contributed by atoms with Crippen LogP contribution in [0.25, 0.3) is 0 Å². The van der Waals surface area contributed by atoms with Crippen LogP contribution in [0.2, 0.25) is 0 Å². The van der Waals surface area contributed by atoms with Gasteiger partial charge in [-0.25, -0.2) is 0 Å². The standard InChI is InChI=1S/C20H26N2O3S/c1-4-15(2)21(3)14-20(23)22(13-17-6-5-11-26-17)16-7-8-18-19(12-16)25-10-9-24-18/h5-8,11-12,15H,4,9-10,13-14H2,1-3H3. The van der Waals surface area contributed by atoms with Crippen LogP contribution in [0.3, 0.4) is 0 Å². The first-order valence-corrected chi connectivity index (χ1v) is 9.89. The number of fused-ring (bicyclic) bond motifs is 1. The van der Waals surface area contributed by atoms with E-state index in [-0.39, 0.29) is 5.91 Å². The molecule has 6 heteroatoms. The number of likely N-dealkylation sites (N-methyl/N-ethyl adjacent to an activating group) is 1. The van der Waals surface area contributed by atoms with Crippen molar-refractivity contribution in [2.75, 3.05) is 31.7 Å². The second-order valence-electron chi connectivity index (χ2n) is 6.56. The van der Waals surface area contributed by atoms with Crippen molar-refractivity contribution in [3.05, 3.63) is 40.6 Å².